The molecule has 16 heavy (non-hydrogen) atoms. The Balaban J connectivity index is 0. The van der Waals surface area contributed by atoms with E-state index in [4.69, 9.17) is 11.5 Å². The van der Waals surface area contributed by atoms with Gasteiger partial charge < -0.3 is 11.5 Å². The molecular weight excluding hydrogens is 257 g/mol. The Hall–Kier alpha value is 0.360. The van der Waals surface area contributed by atoms with Crippen molar-refractivity contribution in [2.24, 2.45) is 11.5 Å². The standard InChI is InChI=1S/2C5H10FN.2ClH/c2*1-5(6)2-4(7)3-5;;/h2*4H,2-3,7H2,1H3;2*1H. The summed E-state index contributed by atoms with van der Waals surface area (Å²) in [5.74, 6) is 0. The first-order valence-electron chi connectivity index (χ1n) is 5.09. The lowest BCUT2D eigenvalue weighted by Crippen LogP contribution is -2.46. The molecule has 0 aliphatic heterocycles. The molecule has 0 spiro atoms. The molecule has 2 aliphatic carbocycles. The van der Waals surface area contributed by atoms with Crippen LogP contribution >= 0.6 is 24.8 Å². The number of hydrogen-bond acceptors (Lipinski definition) is 2. The molecule has 0 saturated heterocycles. The van der Waals surface area contributed by atoms with Crippen LogP contribution in [0.2, 0.25) is 0 Å². The zero-order valence-electron chi connectivity index (χ0n) is 9.71. The fourth-order valence-electron chi connectivity index (χ4n) is 2.07. The van der Waals surface area contributed by atoms with E-state index in [1.54, 1.807) is 13.8 Å². The van der Waals surface area contributed by atoms with Crippen molar-refractivity contribution in [3.63, 3.8) is 0 Å². The topological polar surface area (TPSA) is 52.0 Å². The van der Waals surface area contributed by atoms with Gasteiger partial charge in [0.15, 0.2) is 0 Å². The molecule has 2 fully saturated rings. The predicted molar refractivity (Wildman–Crippen MR) is 67.9 cm³/mol. The molecule has 0 amide bonds. The van der Waals surface area contributed by atoms with Crippen molar-refractivity contribution in [2.45, 2.75) is 63.0 Å². The van der Waals surface area contributed by atoms with E-state index < -0.39 is 11.3 Å². The molecule has 0 aromatic rings. The Labute approximate surface area is 108 Å². The van der Waals surface area contributed by atoms with E-state index >= 15 is 0 Å². The zero-order valence-corrected chi connectivity index (χ0v) is 11.3. The Morgan fingerprint density at radius 1 is 0.812 bits per heavy atom. The summed E-state index contributed by atoms with van der Waals surface area (Å²) in [6.45, 7) is 3.19. The van der Waals surface area contributed by atoms with Gasteiger partial charge in [0, 0.05) is 12.1 Å². The molecular formula is C10H22Cl2F2N2. The van der Waals surface area contributed by atoms with E-state index in [-0.39, 0.29) is 36.9 Å². The predicted octanol–water partition coefficient (Wildman–Crippen LogP) is 2.52. The summed E-state index contributed by atoms with van der Waals surface area (Å²) >= 11 is 0. The van der Waals surface area contributed by atoms with Crippen molar-refractivity contribution in [3.05, 3.63) is 0 Å². The first kappa shape index (κ1) is 18.7. The monoisotopic (exact) mass is 278 g/mol. The lowest BCUT2D eigenvalue weighted by atomic mass is 9.80. The molecule has 100 valence electrons. The van der Waals surface area contributed by atoms with Crippen LogP contribution in [0.3, 0.4) is 0 Å². The average Bonchev–Trinajstić information content (AvgIpc) is 1.78. The summed E-state index contributed by atoms with van der Waals surface area (Å²) in [6, 6.07) is 0.269. The van der Waals surface area contributed by atoms with Gasteiger partial charge in [0.2, 0.25) is 0 Å². The van der Waals surface area contributed by atoms with Crippen molar-refractivity contribution in [2.75, 3.05) is 0 Å². The molecule has 0 unspecified atom stereocenters. The van der Waals surface area contributed by atoms with Crippen LogP contribution in [0.15, 0.2) is 0 Å². The van der Waals surface area contributed by atoms with Crippen molar-refractivity contribution in [1.82, 2.24) is 0 Å². The zero-order chi connectivity index (χ0) is 11.0. The third kappa shape index (κ3) is 6.18. The van der Waals surface area contributed by atoms with Crippen LogP contribution in [-0.2, 0) is 0 Å². The highest BCUT2D eigenvalue weighted by Gasteiger charge is 2.38. The molecule has 6 heteroatoms. The maximum absolute atomic E-state index is 12.4. The van der Waals surface area contributed by atoms with E-state index in [0.717, 1.165) is 0 Å². The van der Waals surface area contributed by atoms with Crippen LogP contribution in [0, 0.1) is 0 Å². The second kappa shape index (κ2) is 6.34. The Morgan fingerprint density at radius 2 is 1.00 bits per heavy atom. The summed E-state index contributed by atoms with van der Waals surface area (Å²) in [6.07, 6.45) is 2.19. The van der Waals surface area contributed by atoms with Crippen LogP contribution in [0.1, 0.15) is 39.5 Å². The second-order valence-corrected chi connectivity index (χ2v) is 5.16. The Morgan fingerprint density at radius 3 is 1.00 bits per heavy atom. The van der Waals surface area contributed by atoms with Crippen molar-refractivity contribution in [3.8, 4) is 0 Å². The maximum Gasteiger partial charge on any atom is 0.111 e. The number of halogens is 4. The molecule has 2 aliphatic rings. The van der Waals surface area contributed by atoms with Gasteiger partial charge in [-0.1, -0.05) is 0 Å². The fourth-order valence-corrected chi connectivity index (χ4v) is 2.07. The van der Waals surface area contributed by atoms with Gasteiger partial charge in [-0.2, -0.15) is 0 Å². The van der Waals surface area contributed by atoms with Gasteiger partial charge in [0.25, 0.3) is 0 Å². The fraction of sp³-hybridized carbons (Fsp3) is 1.00. The van der Waals surface area contributed by atoms with Gasteiger partial charge >= 0.3 is 0 Å². The van der Waals surface area contributed by atoms with Gasteiger partial charge in [0.1, 0.15) is 11.3 Å². The average molecular weight is 279 g/mol. The summed E-state index contributed by atoms with van der Waals surface area (Å²) < 4.78 is 24.8. The second-order valence-electron chi connectivity index (χ2n) is 5.16. The molecule has 0 aromatic heterocycles. The maximum atomic E-state index is 12.4. The first-order valence-corrected chi connectivity index (χ1v) is 5.09. The third-order valence-electron chi connectivity index (χ3n) is 2.75. The molecule has 4 N–H and O–H groups in total. The number of rotatable bonds is 0. The van der Waals surface area contributed by atoms with Crippen molar-refractivity contribution in [1.29, 1.82) is 0 Å². The van der Waals surface area contributed by atoms with Crippen LogP contribution in [0.25, 0.3) is 0 Å². The molecule has 0 heterocycles. The number of hydrogen-bond donors (Lipinski definition) is 2. The normalized spacial score (nSPS) is 44.6. The molecule has 2 nitrogen and oxygen atoms in total. The number of nitrogens with two attached hydrogens (primary N) is 2. The van der Waals surface area contributed by atoms with Crippen molar-refractivity contribution >= 4 is 24.8 Å². The van der Waals surface area contributed by atoms with Gasteiger partial charge in [-0.05, 0) is 39.5 Å². The molecule has 2 rings (SSSR count). The van der Waals surface area contributed by atoms with Crippen LogP contribution in [0.4, 0.5) is 8.78 Å². The molecule has 0 radical (unpaired) electrons. The van der Waals surface area contributed by atoms with E-state index in [1.165, 1.54) is 0 Å². The Kier molecular flexibility index (Phi) is 7.41. The SMILES string of the molecule is CC1(F)CC(N)C1.CC1(F)CC(N)C1.Cl.Cl. The van der Waals surface area contributed by atoms with Crippen molar-refractivity contribution < 1.29 is 8.78 Å². The summed E-state index contributed by atoms with van der Waals surface area (Å²) in [5, 5.41) is 0. The van der Waals surface area contributed by atoms with Crippen LogP contribution in [-0.4, -0.2) is 23.4 Å². The van der Waals surface area contributed by atoms with Gasteiger partial charge in [-0.15, -0.1) is 24.8 Å². The molecule has 0 bridgehead atoms. The van der Waals surface area contributed by atoms with E-state index in [2.05, 4.69) is 0 Å². The molecule has 2 saturated carbocycles. The highest BCUT2D eigenvalue weighted by Crippen LogP contribution is 2.34. The number of alkyl halides is 2. The lowest BCUT2D eigenvalue weighted by Gasteiger charge is -2.35. The van der Waals surface area contributed by atoms with Gasteiger partial charge in [0.05, 0.1) is 0 Å². The van der Waals surface area contributed by atoms with Crippen LogP contribution in [0.5, 0.6) is 0 Å². The summed E-state index contributed by atoms with van der Waals surface area (Å²) in [4.78, 5) is 0. The van der Waals surface area contributed by atoms with Gasteiger partial charge in [-0.3, -0.25) is 0 Å². The smallest absolute Gasteiger partial charge is 0.111 e. The minimum Gasteiger partial charge on any atom is -0.327 e. The quantitative estimate of drug-likeness (QED) is 0.716. The largest absolute Gasteiger partial charge is 0.327 e. The van der Waals surface area contributed by atoms with Gasteiger partial charge in [-0.25, -0.2) is 8.78 Å². The Bertz CT molecular complexity index is 175. The van der Waals surface area contributed by atoms with E-state index in [9.17, 15) is 8.78 Å². The third-order valence-corrected chi connectivity index (χ3v) is 2.75. The van der Waals surface area contributed by atoms with E-state index in [0.29, 0.717) is 25.7 Å². The summed E-state index contributed by atoms with van der Waals surface area (Å²) in [7, 11) is 0. The molecule has 0 aromatic carbocycles. The minimum absolute atomic E-state index is 0. The summed E-state index contributed by atoms with van der Waals surface area (Å²) in [5.41, 5.74) is 8.77. The first-order chi connectivity index (χ1) is 6.20. The van der Waals surface area contributed by atoms with E-state index in [1.807, 2.05) is 0 Å². The van der Waals surface area contributed by atoms with Crippen LogP contribution < -0.4 is 11.5 Å². The minimum atomic E-state index is -0.931. The molecule has 0 atom stereocenters. The highest BCUT2D eigenvalue weighted by atomic mass is 35.5. The highest BCUT2D eigenvalue weighted by molar-refractivity contribution is 5.85. The lowest BCUT2D eigenvalue weighted by molar-refractivity contribution is 0.0640.